The van der Waals surface area contributed by atoms with Crippen LogP contribution in [0.25, 0.3) is 10.9 Å². The van der Waals surface area contributed by atoms with Gasteiger partial charge in [0.05, 0.1) is 30.4 Å². The molecule has 2 aromatic rings. The number of piperazine rings is 1. The number of benzene rings is 1. The summed E-state index contributed by atoms with van der Waals surface area (Å²) in [5.41, 5.74) is 1.68. The lowest BCUT2D eigenvalue weighted by Crippen LogP contribution is -2.51. The molecule has 0 aliphatic carbocycles. The van der Waals surface area contributed by atoms with Crippen molar-refractivity contribution in [3.63, 3.8) is 0 Å². The summed E-state index contributed by atoms with van der Waals surface area (Å²) in [4.78, 5) is 34.0. The molecule has 0 bridgehead atoms. The average molecular weight is 400 g/mol. The van der Waals surface area contributed by atoms with E-state index < -0.39 is 0 Å². The Hall–Kier alpha value is -2.45. The summed E-state index contributed by atoms with van der Waals surface area (Å²) in [6.07, 6.45) is 3.24. The number of amides is 1. The molecule has 8 heteroatoms. The predicted octanol–water partition coefficient (Wildman–Crippen LogP) is 1.12. The number of hydrogen-bond donors (Lipinski definition) is 0. The summed E-state index contributed by atoms with van der Waals surface area (Å²) in [6, 6.07) is 5.79. The smallest absolute Gasteiger partial charge is 0.261 e. The number of carbonyl (C=O) groups is 1. The van der Waals surface area contributed by atoms with Crippen molar-refractivity contribution in [3.8, 4) is 0 Å². The number of nitrogens with zero attached hydrogens (tertiary/aromatic N) is 4. The summed E-state index contributed by atoms with van der Waals surface area (Å²) in [5.74, 6) is 0.380. The molecule has 1 aromatic heterocycles. The van der Waals surface area contributed by atoms with Crippen molar-refractivity contribution in [1.29, 1.82) is 0 Å². The summed E-state index contributed by atoms with van der Waals surface area (Å²) >= 11 is 0. The lowest BCUT2D eigenvalue weighted by atomic mass is 9.98. The molecule has 4 rings (SSSR count). The van der Waals surface area contributed by atoms with E-state index >= 15 is 0 Å². The molecule has 156 valence electrons. The fourth-order valence-corrected chi connectivity index (χ4v) is 4.08. The van der Waals surface area contributed by atoms with E-state index in [2.05, 4.69) is 9.88 Å². The number of ether oxygens (including phenoxy) is 2. The second-order valence-electron chi connectivity index (χ2n) is 7.64. The maximum Gasteiger partial charge on any atom is 0.261 e. The summed E-state index contributed by atoms with van der Waals surface area (Å²) in [7, 11) is 1.61. The van der Waals surface area contributed by atoms with Crippen LogP contribution in [-0.4, -0.2) is 73.5 Å². The van der Waals surface area contributed by atoms with Crippen LogP contribution in [0.2, 0.25) is 0 Å². The minimum absolute atomic E-state index is 0.0505. The highest BCUT2D eigenvalue weighted by Crippen LogP contribution is 2.23. The second-order valence-corrected chi connectivity index (χ2v) is 7.64. The Bertz CT molecular complexity index is 915. The molecule has 2 aliphatic rings. The number of hydrogen-bond acceptors (Lipinski definition) is 6. The normalized spacial score (nSPS) is 18.4. The highest BCUT2D eigenvalue weighted by atomic mass is 16.5. The zero-order chi connectivity index (χ0) is 20.2. The van der Waals surface area contributed by atoms with Crippen molar-refractivity contribution < 1.29 is 14.3 Å². The molecule has 1 aromatic carbocycles. The van der Waals surface area contributed by atoms with E-state index in [0.29, 0.717) is 37.3 Å². The first-order valence-electron chi connectivity index (χ1n) is 10.3. The van der Waals surface area contributed by atoms with Crippen molar-refractivity contribution in [3.05, 3.63) is 34.9 Å². The molecule has 0 N–H and O–H groups in total. The second kappa shape index (κ2) is 8.92. The van der Waals surface area contributed by atoms with Crippen LogP contribution in [0.4, 0.5) is 5.69 Å². The lowest BCUT2D eigenvalue weighted by molar-refractivity contribution is -0.138. The Morgan fingerprint density at radius 1 is 1.21 bits per heavy atom. The van der Waals surface area contributed by atoms with Crippen molar-refractivity contribution >= 4 is 22.5 Å². The van der Waals surface area contributed by atoms with Crippen LogP contribution in [-0.2, 0) is 20.8 Å². The van der Waals surface area contributed by atoms with Gasteiger partial charge in [-0.05, 0) is 31.0 Å². The van der Waals surface area contributed by atoms with Gasteiger partial charge in [0, 0.05) is 58.1 Å². The fourth-order valence-electron chi connectivity index (χ4n) is 4.08. The maximum absolute atomic E-state index is 12.7. The Morgan fingerprint density at radius 3 is 2.69 bits per heavy atom. The first kappa shape index (κ1) is 19.8. The Balaban J connectivity index is 1.43. The van der Waals surface area contributed by atoms with Gasteiger partial charge in [0.2, 0.25) is 5.91 Å². The molecular formula is C21H28N4O4. The van der Waals surface area contributed by atoms with Gasteiger partial charge in [-0.2, -0.15) is 0 Å². The van der Waals surface area contributed by atoms with Crippen LogP contribution in [0, 0.1) is 5.92 Å². The standard InChI is InChI=1S/C21H28N4O4/c1-28-13-10-25-15-22-19-14-17(2-3-18(19)21(25)27)23-6-8-24(9-7-23)20(26)16-4-11-29-12-5-16/h2-3,14-16H,4-13H2,1H3. The van der Waals surface area contributed by atoms with Gasteiger partial charge in [0.15, 0.2) is 0 Å². The topological polar surface area (TPSA) is 76.9 Å². The third-order valence-corrected chi connectivity index (χ3v) is 5.87. The lowest BCUT2D eigenvalue weighted by Gasteiger charge is -2.38. The number of fused-ring (bicyclic) bond motifs is 1. The molecule has 0 unspecified atom stereocenters. The molecule has 0 saturated carbocycles. The van der Waals surface area contributed by atoms with E-state index in [1.807, 2.05) is 23.1 Å². The SMILES string of the molecule is COCCn1cnc2cc(N3CCN(C(=O)C4CCOCC4)CC3)ccc2c1=O. The summed E-state index contributed by atoms with van der Waals surface area (Å²) in [5, 5.41) is 0.612. The van der Waals surface area contributed by atoms with Crippen LogP contribution in [0.15, 0.2) is 29.3 Å². The van der Waals surface area contributed by atoms with E-state index in [4.69, 9.17) is 9.47 Å². The number of anilines is 1. The van der Waals surface area contributed by atoms with E-state index in [0.717, 1.165) is 44.7 Å². The Labute approximate surface area is 170 Å². The van der Waals surface area contributed by atoms with Crippen molar-refractivity contribution in [1.82, 2.24) is 14.5 Å². The molecular weight excluding hydrogens is 372 g/mol. The molecule has 3 heterocycles. The third kappa shape index (κ3) is 4.28. The van der Waals surface area contributed by atoms with Crippen molar-refractivity contribution in [2.45, 2.75) is 19.4 Å². The van der Waals surface area contributed by atoms with Crippen LogP contribution in [0.5, 0.6) is 0 Å². The molecule has 0 radical (unpaired) electrons. The Kier molecular flexibility index (Phi) is 6.10. The summed E-state index contributed by atoms with van der Waals surface area (Å²) < 4.78 is 12.0. The van der Waals surface area contributed by atoms with Gasteiger partial charge in [0.1, 0.15) is 0 Å². The van der Waals surface area contributed by atoms with Gasteiger partial charge in [-0.1, -0.05) is 0 Å². The van der Waals surface area contributed by atoms with Gasteiger partial charge < -0.3 is 19.3 Å². The molecule has 0 atom stereocenters. The maximum atomic E-state index is 12.7. The first-order valence-corrected chi connectivity index (χ1v) is 10.3. The minimum atomic E-state index is -0.0505. The predicted molar refractivity (Wildman–Crippen MR) is 110 cm³/mol. The molecule has 8 nitrogen and oxygen atoms in total. The average Bonchev–Trinajstić information content (AvgIpc) is 2.78. The van der Waals surface area contributed by atoms with E-state index in [-0.39, 0.29) is 17.4 Å². The number of aromatic nitrogens is 2. The van der Waals surface area contributed by atoms with Gasteiger partial charge in [-0.15, -0.1) is 0 Å². The van der Waals surface area contributed by atoms with Gasteiger partial charge in [0.25, 0.3) is 5.56 Å². The van der Waals surface area contributed by atoms with Gasteiger partial charge in [-0.3, -0.25) is 14.2 Å². The largest absolute Gasteiger partial charge is 0.383 e. The third-order valence-electron chi connectivity index (χ3n) is 5.87. The summed E-state index contributed by atoms with van der Waals surface area (Å²) in [6.45, 7) is 5.35. The quantitative estimate of drug-likeness (QED) is 0.749. The van der Waals surface area contributed by atoms with Gasteiger partial charge in [-0.25, -0.2) is 4.98 Å². The van der Waals surface area contributed by atoms with Crippen molar-refractivity contribution in [2.75, 3.05) is 58.0 Å². The highest BCUT2D eigenvalue weighted by molar-refractivity contribution is 5.82. The fraction of sp³-hybridized carbons (Fsp3) is 0.571. The van der Waals surface area contributed by atoms with E-state index in [1.54, 1.807) is 18.0 Å². The number of methoxy groups -OCH3 is 1. The number of carbonyl (C=O) groups excluding carboxylic acids is 1. The van der Waals surface area contributed by atoms with Gasteiger partial charge >= 0.3 is 0 Å². The first-order chi connectivity index (χ1) is 14.2. The Morgan fingerprint density at radius 2 is 1.97 bits per heavy atom. The molecule has 2 fully saturated rings. The van der Waals surface area contributed by atoms with Crippen LogP contribution in [0.1, 0.15) is 12.8 Å². The zero-order valence-corrected chi connectivity index (χ0v) is 16.9. The molecule has 2 saturated heterocycles. The zero-order valence-electron chi connectivity index (χ0n) is 16.9. The number of rotatable bonds is 5. The molecule has 29 heavy (non-hydrogen) atoms. The van der Waals surface area contributed by atoms with Crippen LogP contribution < -0.4 is 10.5 Å². The van der Waals surface area contributed by atoms with Crippen LogP contribution >= 0.6 is 0 Å². The van der Waals surface area contributed by atoms with Crippen LogP contribution in [0.3, 0.4) is 0 Å². The van der Waals surface area contributed by atoms with Crippen molar-refractivity contribution in [2.24, 2.45) is 5.92 Å². The molecule has 0 spiro atoms. The van der Waals surface area contributed by atoms with E-state index in [1.165, 1.54) is 0 Å². The highest BCUT2D eigenvalue weighted by Gasteiger charge is 2.28. The molecule has 2 aliphatic heterocycles. The molecule has 1 amide bonds. The minimum Gasteiger partial charge on any atom is -0.383 e. The monoisotopic (exact) mass is 400 g/mol. The van der Waals surface area contributed by atoms with E-state index in [9.17, 15) is 9.59 Å².